The van der Waals surface area contributed by atoms with Crippen molar-refractivity contribution in [2.45, 2.75) is 296 Å². The summed E-state index contributed by atoms with van der Waals surface area (Å²) in [6.07, 6.45) is 74.3. The SMILES string of the molecule is CC/C=C\C/C=C\C/C=C\C/C=C\C/C=C\C/C=C\CCCCCCCCC(=O)OCC(O)COP(=O)(O)OCC(O)COP(=O)(O)OCC(COC(=O)CCCCCCCC/C=C\C/C=C\C/C=C\CCCCC)OC(=O)CCCCCCCCCCCCC. The number of esters is 3. The van der Waals surface area contributed by atoms with Gasteiger partial charge in [0.2, 0.25) is 0 Å². The van der Waals surface area contributed by atoms with Gasteiger partial charge in [-0.1, -0.05) is 259 Å². The Balaban J connectivity index is 4.55. The van der Waals surface area contributed by atoms with Crippen LogP contribution in [0.25, 0.3) is 0 Å². The predicted molar refractivity (Wildman–Crippen MR) is 371 cm³/mol. The van der Waals surface area contributed by atoms with E-state index in [0.717, 1.165) is 161 Å². The molecule has 524 valence electrons. The van der Waals surface area contributed by atoms with Crippen molar-refractivity contribution in [2.75, 3.05) is 39.6 Å². The second-order valence-electron chi connectivity index (χ2n) is 23.3. The molecule has 0 aliphatic heterocycles. The number of allylic oxidation sites excluding steroid dienone is 18. The highest BCUT2D eigenvalue weighted by molar-refractivity contribution is 7.47. The minimum absolute atomic E-state index is 0.103. The molecule has 0 saturated carbocycles. The fourth-order valence-electron chi connectivity index (χ4n) is 9.11. The van der Waals surface area contributed by atoms with Crippen molar-refractivity contribution < 1.29 is 75.8 Å². The second-order valence-corrected chi connectivity index (χ2v) is 26.2. The molecular weight excluding hydrogens is 1190 g/mol. The molecule has 0 heterocycles. The van der Waals surface area contributed by atoms with Crippen LogP contribution in [-0.2, 0) is 55.8 Å². The van der Waals surface area contributed by atoms with Crippen molar-refractivity contribution in [3.63, 3.8) is 0 Å². The Morgan fingerprint density at radius 1 is 0.319 bits per heavy atom. The summed E-state index contributed by atoms with van der Waals surface area (Å²) in [7, 11) is -9.78. The Morgan fingerprint density at radius 2 is 0.582 bits per heavy atom. The van der Waals surface area contributed by atoms with E-state index in [9.17, 15) is 43.5 Å². The maximum atomic E-state index is 12.9. The molecule has 4 N–H and O–H groups in total. The van der Waals surface area contributed by atoms with E-state index in [1.165, 1.54) is 57.8 Å². The summed E-state index contributed by atoms with van der Waals surface area (Å²) in [6.45, 7) is 2.49. The zero-order valence-corrected chi connectivity index (χ0v) is 58.5. The zero-order chi connectivity index (χ0) is 66.7. The third kappa shape index (κ3) is 67.4. The fraction of sp³-hybridized carbons (Fsp3) is 0.712. The van der Waals surface area contributed by atoms with Crippen LogP contribution in [0.3, 0.4) is 0 Å². The number of hydrogen-bond acceptors (Lipinski definition) is 14. The molecule has 0 radical (unpaired) electrons. The highest BCUT2D eigenvalue weighted by Crippen LogP contribution is 2.45. The molecule has 0 amide bonds. The van der Waals surface area contributed by atoms with Crippen LogP contribution in [0.4, 0.5) is 0 Å². The normalized spacial score (nSPS) is 14.8. The number of hydrogen-bond donors (Lipinski definition) is 4. The zero-order valence-electron chi connectivity index (χ0n) is 56.7. The van der Waals surface area contributed by atoms with Crippen LogP contribution in [-0.4, -0.2) is 95.9 Å². The van der Waals surface area contributed by atoms with Gasteiger partial charge < -0.3 is 34.2 Å². The lowest BCUT2D eigenvalue weighted by atomic mass is 10.1. The summed E-state index contributed by atoms with van der Waals surface area (Å²) in [4.78, 5) is 58.3. The molecular formula is C73H126O16P2. The van der Waals surface area contributed by atoms with Gasteiger partial charge in [-0.25, -0.2) is 9.13 Å². The van der Waals surface area contributed by atoms with Gasteiger partial charge in [-0.2, -0.15) is 0 Å². The standard InChI is InChI=1S/C73H126O16P2/c1-4-7-10-13-16-19-22-24-26-28-30-31-32-33-34-35-37-39-40-42-45-47-50-53-56-59-71(76)83-62-68(74)63-85-90(79,80)86-64-69(75)65-87-91(81,82)88-67-70(89-73(78)61-58-55-52-49-44-21-18-15-12-9-6-3)66-84-72(77)60-57-54-51-48-46-43-41-38-36-29-27-25-23-20-17-14-11-8-5-2/h7,10,16-17,19-20,24-27,30-31,33-34,36-39,68-70,74-75H,4-6,8-9,11-15,18,21-23,28-29,32,35,40-67H2,1-3H3,(H,79,80)(H,81,82)/b10-7-,19-16-,20-17-,26-24-,27-25-,31-30-,34-33-,38-36-,39-37-. The quantitative estimate of drug-likeness (QED) is 0.0146. The lowest BCUT2D eigenvalue weighted by Crippen LogP contribution is -2.30. The Labute approximate surface area is 551 Å². The second kappa shape index (κ2) is 66.2. The van der Waals surface area contributed by atoms with Crippen LogP contribution < -0.4 is 0 Å². The summed E-state index contributed by atoms with van der Waals surface area (Å²) in [5.74, 6) is -1.60. The summed E-state index contributed by atoms with van der Waals surface area (Å²) in [5.41, 5.74) is 0. The molecule has 0 aromatic heterocycles. The van der Waals surface area contributed by atoms with E-state index in [1.54, 1.807) is 0 Å². The van der Waals surface area contributed by atoms with Gasteiger partial charge >= 0.3 is 33.6 Å². The van der Waals surface area contributed by atoms with Gasteiger partial charge in [0.15, 0.2) is 6.10 Å². The number of phosphoric acid groups is 2. The number of phosphoric ester groups is 2. The highest BCUT2D eigenvalue weighted by atomic mass is 31.2. The number of carbonyl (C=O) groups excluding carboxylic acids is 3. The molecule has 5 atom stereocenters. The summed E-state index contributed by atoms with van der Waals surface area (Å²) in [5, 5.41) is 20.5. The van der Waals surface area contributed by atoms with E-state index in [0.29, 0.717) is 19.3 Å². The average Bonchev–Trinajstić information content (AvgIpc) is 3.54. The minimum atomic E-state index is -4.92. The molecule has 0 aromatic rings. The first kappa shape index (κ1) is 87.2. The van der Waals surface area contributed by atoms with E-state index in [2.05, 4.69) is 130 Å². The summed E-state index contributed by atoms with van der Waals surface area (Å²) < 4.78 is 60.9. The van der Waals surface area contributed by atoms with Gasteiger partial charge in [0, 0.05) is 19.3 Å². The topological polar surface area (TPSA) is 231 Å². The van der Waals surface area contributed by atoms with Gasteiger partial charge in [-0.05, 0) is 109 Å². The molecule has 5 unspecified atom stereocenters. The van der Waals surface area contributed by atoms with E-state index in [1.807, 2.05) is 0 Å². The Hall–Kier alpha value is -3.79. The molecule has 0 saturated heterocycles. The van der Waals surface area contributed by atoms with Crippen molar-refractivity contribution in [2.24, 2.45) is 0 Å². The van der Waals surface area contributed by atoms with Crippen LogP contribution in [0.5, 0.6) is 0 Å². The van der Waals surface area contributed by atoms with E-state index in [4.69, 9.17) is 32.3 Å². The smallest absolute Gasteiger partial charge is 0.463 e. The average molecular weight is 1320 g/mol. The first-order valence-electron chi connectivity index (χ1n) is 35.2. The van der Waals surface area contributed by atoms with Crippen molar-refractivity contribution in [1.29, 1.82) is 0 Å². The number of rotatable bonds is 66. The third-order valence-corrected chi connectivity index (χ3v) is 16.4. The maximum Gasteiger partial charge on any atom is 0.472 e. The molecule has 16 nitrogen and oxygen atoms in total. The van der Waals surface area contributed by atoms with Gasteiger partial charge in [0.25, 0.3) is 0 Å². The Bertz CT molecular complexity index is 2100. The van der Waals surface area contributed by atoms with Crippen molar-refractivity contribution in [3.8, 4) is 0 Å². The summed E-state index contributed by atoms with van der Waals surface area (Å²) >= 11 is 0. The number of aliphatic hydroxyl groups excluding tert-OH is 2. The fourth-order valence-corrected chi connectivity index (χ4v) is 10.7. The maximum absolute atomic E-state index is 12.9. The van der Waals surface area contributed by atoms with Crippen molar-refractivity contribution >= 4 is 33.6 Å². The largest absolute Gasteiger partial charge is 0.472 e. The predicted octanol–water partition coefficient (Wildman–Crippen LogP) is 19.6. The molecule has 0 bridgehead atoms. The van der Waals surface area contributed by atoms with Crippen LogP contribution in [0.15, 0.2) is 109 Å². The number of ether oxygens (including phenoxy) is 3. The monoisotopic (exact) mass is 1320 g/mol. The third-order valence-electron chi connectivity index (χ3n) is 14.5. The Morgan fingerprint density at radius 3 is 0.945 bits per heavy atom. The van der Waals surface area contributed by atoms with Crippen LogP contribution in [0, 0.1) is 0 Å². The lowest BCUT2D eigenvalue weighted by Gasteiger charge is -2.21. The van der Waals surface area contributed by atoms with Crippen molar-refractivity contribution in [1.82, 2.24) is 0 Å². The summed E-state index contributed by atoms with van der Waals surface area (Å²) in [6, 6.07) is 0. The lowest BCUT2D eigenvalue weighted by molar-refractivity contribution is -0.161. The molecule has 0 fully saturated rings. The molecule has 18 heteroatoms. The van der Waals surface area contributed by atoms with Crippen LogP contribution >= 0.6 is 15.6 Å². The molecule has 0 rings (SSSR count). The molecule has 0 aromatic carbocycles. The first-order valence-corrected chi connectivity index (χ1v) is 38.2. The van der Waals surface area contributed by atoms with E-state index >= 15 is 0 Å². The number of unbranched alkanes of at least 4 members (excludes halogenated alkanes) is 25. The van der Waals surface area contributed by atoms with Gasteiger partial charge in [0.05, 0.1) is 26.4 Å². The van der Waals surface area contributed by atoms with Gasteiger partial charge in [-0.15, -0.1) is 0 Å². The molecule has 0 aliphatic carbocycles. The Kier molecular flexibility index (Phi) is 63.5. The van der Waals surface area contributed by atoms with Crippen LogP contribution in [0.2, 0.25) is 0 Å². The van der Waals surface area contributed by atoms with Crippen molar-refractivity contribution in [3.05, 3.63) is 109 Å². The molecule has 0 aliphatic rings. The van der Waals surface area contributed by atoms with E-state index < -0.39 is 91.5 Å². The van der Waals surface area contributed by atoms with Gasteiger partial charge in [-0.3, -0.25) is 32.5 Å². The molecule has 0 spiro atoms. The highest BCUT2D eigenvalue weighted by Gasteiger charge is 2.29. The minimum Gasteiger partial charge on any atom is -0.463 e. The first-order chi connectivity index (χ1) is 44.2. The van der Waals surface area contributed by atoms with Gasteiger partial charge in [0.1, 0.15) is 25.4 Å². The molecule has 91 heavy (non-hydrogen) atoms. The number of carbonyl (C=O) groups is 3. The number of aliphatic hydroxyl groups is 2. The van der Waals surface area contributed by atoms with Crippen LogP contribution in [0.1, 0.15) is 278 Å². The van der Waals surface area contributed by atoms with E-state index in [-0.39, 0.29) is 19.3 Å².